The first-order chi connectivity index (χ1) is 40.3. The molecule has 0 saturated heterocycles. The van der Waals surface area contributed by atoms with E-state index in [-0.39, 0.29) is 26.5 Å². The van der Waals surface area contributed by atoms with Crippen LogP contribution in [0.2, 0.25) is 0 Å². The standard InChI is InChI=1S/C77H50N4O.Pt/c1-76(2,3)49-41-42-78-73(44-49)81-70-35-15-11-28-61(70)62-39-38-52(46-72(62)81)82-51-20-16-19-50(45-51)79-47-80-74-53(29-17-30-63(74)56-23-6-4-21-54(56)55-22-5-7-24-57(55)64-31-18-36-71(79)75(64)80)48-37-40-69-65(43-48)60-27-10-14-34-68(60)77(69)66-32-12-8-25-58(66)59-26-9-13-33-67(59)77;/h4-44H,1-3H3;/q-2;. The van der Waals surface area contributed by atoms with E-state index in [1.165, 1.54) is 61.2 Å². The summed E-state index contributed by atoms with van der Waals surface area (Å²) in [6.07, 6.45) is 5.91. The smallest absolute Gasteiger partial charge is 0.268 e. The Morgan fingerprint density at radius 3 is 1.70 bits per heavy atom. The van der Waals surface area contributed by atoms with Crippen molar-refractivity contribution in [1.29, 1.82) is 0 Å². The van der Waals surface area contributed by atoms with E-state index in [2.05, 4.69) is 277 Å². The third kappa shape index (κ3) is 7.11. The van der Waals surface area contributed by atoms with Gasteiger partial charge in [-0.3, -0.25) is 4.57 Å². The Hall–Kier alpha value is -9.67. The van der Waals surface area contributed by atoms with E-state index in [1.54, 1.807) is 0 Å². The van der Waals surface area contributed by atoms with Crippen LogP contribution in [0.25, 0.3) is 117 Å². The van der Waals surface area contributed by atoms with Crippen LogP contribution in [0.1, 0.15) is 48.6 Å². The summed E-state index contributed by atoms with van der Waals surface area (Å²) in [5.41, 5.74) is 26.1. The molecule has 5 nitrogen and oxygen atoms in total. The van der Waals surface area contributed by atoms with Gasteiger partial charge in [-0.1, -0.05) is 214 Å². The molecule has 0 fully saturated rings. The quantitative estimate of drug-likeness (QED) is 0.127. The molecule has 1 spiro atoms. The molecule has 0 radical (unpaired) electrons. The fourth-order valence-corrected chi connectivity index (χ4v) is 14.0. The predicted octanol–water partition coefficient (Wildman–Crippen LogP) is 18.2. The van der Waals surface area contributed by atoms with Gasteiger partial charge < -0.3 is 13.9 Å². The number of ether oxygens (including phenoxy) is 1. The number of para-hydroxylation sites is 3. The molecular weight excluding hydrogens is 1190 g/mol. The largest absolute Gasteiger partial charge is 0.510 e. The first kappa shape index (κ1) is 49.2. The number of hydrogen-bond donors (Lipinski definition) is 0. The van der Waals surface area contributed by atoms with Crippen molar-refractivity contribution in [3.05, 3.63) is 295 Å². The van der Waals surface area contributed by atoms with Crippen LogP contribution in [0.3, 0.4) is 0 Å². The van der Waals surface area contributed by atoms with E-state index in [9.17, 15) is 0 Å². The number of pyridine rings is 1. The van der Waals surface area contributed by atoms with E-state index < -0.39 is 5.41 Å². The van der Waals surface area contributed by atoms with Crippen molar-refractivity contribution in [1.82, 2.24) is 14.1 Å². The van der Waals surface area contributed by atoms with Crippen LogP contribution in [0, 0.1) is 18.5 Å². The fourth-order valence-electron chi connectivity index (χ4n) is 14.0. The van der Waals surface area contributed by atoms with Crippen molar-refractivity contribution in [3.8, 4) is 95.5 Å². The molecule has 0 atom stereocenters. The Labute approximate surface area is 496 Å². The van der Waals surface area contributed by atoms with Crippen LogP contribution in [0.4, 0.5) is 0 Å². The van der Waals surface area contributed by atoms with Gasteiger partial charge in [-0.25, -0.2) is 4.98 Å². The summed E-state index contributed by atoms with van der Waals surface area (Å²) in [6.45, 7) is 6.70. The molecule has 4 heterocycles. The van der Waals surface area contributed by atoms with Crippen molar-refractivity contribution in [2.24, 2.45) is 0 Å². The van der Waals surface area contributed by atoms with E-state index in [1.807, 2.05) is 24.4 Å². The van der Waals surface area contributed by atoms with E-state index in [0.717, 1.165) is 83.4 Å². The van der Waals surface area contributed by atoms with Crippen LogP contribution >= 0.6 is 0 Å². The van der Waals surface area contributed by atoms with Gasteiger partial charge in [0, 0.05) is 44.3 Å². The van der Waals surface area contributed by atoms with Gasteiger partial charge >= 0.3 is 0 Å². The summed E-state index contributed by atoms with van der Waals surface area (Å²) in [5, 5.41) is 2.21. The summed E-state index contributed by atoms with van der Waals surface area (Å²) in [5.74, 6) is 1.98. The second-order valence-corrected chi connectivity index (χ2v) is 23.0. The maximum absolute atomic E-state index is 6.83. The zero-order chi connectivity index (χ0) is 54.4. The molecular formula is C77H50N4OPt-2. The fraction of sp³-hybridized carbons (Fsp3) is 0.0649. The number of hydrogen-bond acceptors (Lipinski definition) is 2. The normalized spacial score (nSPS) is 13.0. The van der Waals surface area contributed by atoms with E-state index in [4.69, 9.17) is 9.72 Å². The molecule has 1 aliphatic heterocycles. The SMILES string of the molecule is CC(C)(C)c1ccnc(-n2c3[c-]c(Oc4[c-]c(-n5[c-][n+]6c7c(cccc75)-c5ccccc5-c5ccccc5-c5cccc(-c7ccc8c(c7)-c7ccccc7C87c8ccccc8-c8ccccc87)c5-6)ccc4)ccc3c3ccccc32)c1.[Pt]. The Morgan fingerprint density at radius 1 is 0.446 bits per heavy atom. The predicted molar refractivity (Wildman–Crippen MR) is 330 cm³/mol. The maximum atomic E-state index is 6.83. The molecule has 6 heteroatoms. The third-order valence-electron chi connectivity index (χ3n) is 17.6. The summed E-state index contributed by atoms with van der Waals surface area (Å²) in [6, 6.07) is 95.9. The topological polar surface area (TPSA) is 35.9 Å². The second kappa shape index (κ2) is 18.4. The summed E-state index contributed by atoms with van der Waals surface area (Å²) < 4.78 is 13.5. The van der Waals surface area contributed by atoms with Crippen LogP contribution in [0.15, 0.2) is 249 Å². The first-order valence-corrected chi connectivity index (χ1v) is 28.2. The average molecular weight is 1240 g/mol. The van der Waals surface area contributed by atoms with E-state index >= 15 is 0 Å². The zero-order valence-electron chi connectivity index (χ0n) is 45.7. The van der Waals surface area contributed by atoms with Gasteiger partial charge in [0.2, 0.25) is 0 Å². The Balaban J connectivity index is 0.00000565. The number of benzene rings is 11. The van der Waals surface area contributed by atoms with Gasteiger partial charge in [0.25, 0.3) is 6.33 Å². The van der Waals surface area contributed by atoms with Crippen LogP contribution < -0.4 is 9.30 Å². The first-order valence-electron chi connectivity index (χ1n) is 28.2. The van der Waals surface area contributed by atoms with Crippen molar-refractivity contribution in [3.63, 3.8) is 0 Å². The molecule has 0 unspecified atom stereocenters. The Morgan fingerprint density at radius 2 is 0.988 bits per heavy atom. The van der Waals surface area contributed by atoms with Crippen molar-refractivity contribution in [2.45, 2.75) is 31.6 Å². The van der Waals surface area contributed by atoms with Gasteiger partial charge in [-0.15, -0.1) is 29.7 Å². The molecule has 396 valence electrons. The van der Waals surface area contributed by atoms with E-state index in [0.29, 0.717) is 11.5 Å². The monoisotopic (exact) mass is 1240 g/mol. The number of rotatable bonds is 5. The van der Waals surface area contributed by atoms with Crippen LogP contribution in [-0.2, 0) is 31.9 Å². The van der Waals surface area contributed by atoms with Crippen LogP contribution in [0.5, 0.6) is 11.5 Å². The Kier molecular flexibility index (Phi) is 10.9. The molecule has 0 N–H and O–H groups in total. The molecule has 11 aromatic carbocycles. The molecule has 0 bridgehead atoms. The minimum absolute atomic E-state index is 0. The average Bonchev–Trinajstić information content (AvgIpc) is 2.42. The molecule has 3 aliphatic rings. The second-order valence-electron chi connectivity index (χ2n) is 23.0. The minimum Gasteiger partial charge on any atom is -0.510 e. The van der Waals surface area contributed by atoms with Gasteiger partial charge in [-0.2, -0.15) is 18.2 Å². The molecule has 83 heavy (non-hydrogen) atoms. The minimum atomic E-state index is -0.438. The number of aromatic nitrogens is 4. The third-order valence-corrected chi connectivity index (χ3v) is 17.6. The molecule has 17 rings (SSSR count). The molecule has 3 aromatic heterocycles. The zero-order valence-corrected chi connectivity index (χ0v) is 48.0. The number of nitrogens with zero attached hydrogens (tertiary/aromatic N) is 4. The molecule has 0 amide bonds. The molecule has 0 saturated carbocycles. The van der Waals surface area contributed by atoms with Crippen molar-refractivity contribution >= 4 is 32.8 Å². The van der Waals surface area contributed by atoms with Crippen LogP contribution in [-0.4, -0.2) is 14.1 Å². The maximum Gasteiger partial charge on any atom is 0.268 e. The number of imidazole rings is 1. The summed E-state index contributed by atoms with van der Waals surface area (Å²) in [7, 11) is 0. The number of fused-ring (bicyclic) bond motifs is 20. The molecule has 14 aromatic rings. The summed E-state index contributed by atoms with van der Waals surface area (Å²) in [4.78, 5) is 4.91. The van der Waals surface area contributed by atoms with Gasteiger partial charge in [-0.05, 0) is 135 Å². The van der Waals surface area contributed by atoms with Gasteiger partial charge in [0.15, 0.2) is 0 Å². The molecule has 2 aliphatic carbocycles. The van der Waals surface area contributed by atoms with Gasteiger partial charge in [0.05, 0.1) is 22.1 Å². The van der Waals surface area contributed by atoms with Crippen molar-refractivity contribution in [2.75, 3.05) is 0 Å². The summed E-state index contributed by atoms with van der Waals surface area (Å²) >= 11 is 0. The Bertz CT molecular complexity index is 4990. The van der Waals surface area contributed by atoms with Crippen molar-refractivity contribution < 1.29 is 30.4 Å². The van der Waals surface area contributed by atoms with Gasteiger partial charge in [0.1, 0.15) is 5.82 Å².